The van der Waals surface area contributed by atoms with Crippen LogP contribution in [0.1, 0.15) is 25.8 Å². The first kappa shape index (κ1) is 17.3. The normalized spacial score (nSPS) is 16.6. The third-order valence-corrected chi connectivity index (χ3v) is 4.23. The third kappa shape index (κ3) is 5.61. The van der Waals surface area contributed by atoms with Crippen LogP contribution in [0.4, 0.5) is 4.79 Å². The van der Waals surface area contributed by atoms with Crippen molar-refractivity contribution in [1.82, 2.24) is 9.80 Å². The van der Waals surface area contributed by atoms with Gasteiger partial charge in [-0.1, -0.05) is 41.9 Å². The van der Waals surface area contributed by atoms with E-state index in [1.54, 1.807) is 0 Å². The number of carbonyl (C=O) groups is 1. The highest BCUT2D eigenvalue weighted by molar-refractivity contribution is 9.10. The van der Waals surface area contributed by atoms with Crippen LogP contribution in [0.2, 0.25) is 0 Å². The molecule has 0 aromatic heterocycles. The molecule has 1 fully saturated rings. The van der Waals surface area contributed by atoms with Crippen LogP contribution in [-0.2, 0) is 11.3 Å². The van der Waals surface area contributed by atoms with Crippen LogP contribution in [-0.4, -0.2) is 48.7 Å². The Morgan fingerprint density at radius 3 is 2.59 bits per heavy atom. The maximum atomic E-state index is 12.0. The van der Waals surface area contributed by atoms with Gasteiger partial charge in [-0.2, -0.15) is 0 Å². The molecular formula is C17H25BrN2O2. The van der Waals surface area contributed by atoms with Crippen molar-refractivity contribution in [3.05, 3.63) is 34.3 Å². The molecule has 1 amide bonds. The number of ether oxygens (including phenoxy) is 1. The minimum Gasteiger partial charge on any atom is -0.449 e. The van der Waals surface area contributed by atoms with Crippen molar-refractivity contribution < 1.29 is 9.53 Å². The molecule has 1 heterocycles. The van der Waals surface area contributed by atoms with E-state index in [4.69, 9.17) is 4.74 Å². The van der Waals surface area contributed by atoms with Gasteiger partial charge in [-0.15, -0.1) is 0 Å². The number of hydrogen-bond acceptors (Lipinski definition) is 3. The van der Waals surface area contributed by atoms with Crippen molar-refractivity contribution in [3.63, 3.8) is 0 Å². The largest absolute Gasteiger partial charge is 0.449 e. The molecule has 122 valence electrons. The number of hydrogen-bond donors (Lipinski definition) is 0. The van der Waals surface area contributed by atoms with Crippen LogP contribution in [0.3, 0.4) is 0 Å². The monoisotopic (exact) mass is 368 g/mol. The van der Waals surface area contributed by atoms with E-state index in [1.165, 1.54) is 5.56 Å². The molecule has 5 heteroatoms. The van der Waals surface area contributed by atoms with E-state index in [0.717, 1.165) is 43.6 Å². The van der Waals surface area contributed by atoms with E-state index < -0.39 is 0 Å². The summed E-state index contributed by atoms with van der Waals surface area (Å²) in [4.78, 5) is 16.3. The third-order valence-electron chi connectivity index (χ3n) is 3.71. The van der Waals surface area contributed by atoms with Gasteiger partial charge >= 0.3 is 6.09 Å². The van der Waals surface area contributed by atoms with Crippen molar-refractivity contribution in [2.24, 2.45) is 5.92 Å². The zero-order chi connectivity index (χ0) is 15.9. The Bertz CT molecular complexity index is 476. The highest BCUT2D eigenvalue weighted by Crippen LogP contribution is 2.14. The fourth-order valence-corrected chi connectivity index (χ4v) is 2.75. The Morgan fingerprint density at radius 1 is 1.18 bits per heavy atom. The Hall–Kier alpha value is -1.07. The van der Waals surface area contributed by atoms with Crippen molar-refractivity contribution in [3.8, 4) is 0 Å². The maximum Gasteiger partial charge on any atom is 0.409 e. The van der Waals surface area contributed by atoms with Crippen LogP contribution in [0.25, 0.3) is 0 Å². The topological polar surface area (TPSA) is 32.8 Å². The first-order chi connectivity index (χ1) is 10.5. The number of halogens is 1. The van der Waals surface area contributed by atoms with Gasteiger partial charge in [0.05, 0.1) is 6.61 Å². The average molecular weight is 369 g/mol. The van der Waals surface area contributed by atoms with Gasteiger partial charge < -0.3 is 9.64 Å². The Balaban J connectivity index is 1.81. The van der Waals surface area contributed by atoms with Gasteiger partial charge in [0.25, 0.3) is 0 Å². The van der Waals surface area contributed by atoms with Crippen molar-refractivity contribution in [2.75, 3.05) is 32.8 Å². The van der Waals surface area contributed by atoms with E-state index in [1.807, 2.05) is 4.90 Å². The fourth-order valence-electron chi connectivity index (χ4n) is 2.49. The van der Waals surface area contributed by atoms with E-state index in [0.29, 0.717) is 12.5 Å². The summed E-state index contributed by atoms with van der Waals surface area (Å²) < 4.78 is 6.43. The lowest BCUT2D eigenvalue weighted by atomic mass is 10.2. The van der Waals surface area contributed by atoms with Crippen LogP contribution in [0.15, 0.2) is 28.7 Å². The summed E-state index contributed by atoms with van der Waals surface area (Å²) in [5.74, 6) is 0.379. The van der Waals surface area contributed by atoms with Crippen molar-refractivity contribution in [2.45, 2.75) is 26.8 Å². The molecule has 1 aromatic rings. The van der Waals surface area contributed by atoms with Crippen LogP contribution in [0.5, 0.6) is 0 Å². The van der Waals surface area contributed by atoms with Crippen LogP contribution >= 0.6 is 15.9 Å². The number of nitrogens with zero attached hydrogens (tertiary/aromatic N) is 2. The lowest BCUT2D eigenvalue weighted by Gasteiger charge is -2.22. The van der Waals surface area contributed by atoms with Gasteiger partial charge in [0, 0.05) is 37.2 Å². The molecule has 0 radical (unpaired) electrons. The highest BCUT2D eigenvalue weighted by Gasteiger charge is 2.20. The predicted octanol–water partition coefficient (Wildman–Crippen LogP) is 3.75. The summed E-state index contributed by atoms with van der Waals surface area (Å²) in [5, 5.41) is 0. The number of amides is 1. The molecule has 0 spiro atoms. The fraction of sp³-hybridized carbons (Fsp3) is 0.588. The summed E-state index contributed by atoms with van der Waals surface area (Å²) in [7, 11) is 0. The van der Waals surface area contributed by atoms with Crippen molar-refractivity contribution in [1.29, 1.82) is 0 Å². The molecule has 1 saturated heterocycles. The molecule has 0 bridgehead atoms. The first-order valence-corrected chi connectivity index (χ1v) is 8.72. The van der Waals surface area contributed by atoms with E-state index in [9.17, 15) is 4.79 Å². The molecule has 0 aliphatic carbocycles. The van der Waals surface area contributed by atoms with E-state index >= 15 is 0 Å². The van der Waals surface area contributed by atoms with Crippen LogP contribution in [0, 0.1) is 5.92 Å². The van der Waals surface area contributed by atoms with E-state index in [-0.39, 0.29) is 6.09 Å². The second-order valence-electron chi connectivity index (χ2n) is 6.21. The number of rotatable bonds is 4. The summed E-state index contributed by atoms with van der Waals surface area (Å²) in [6, 6.07) is 8.43. The van der Waals surface area contributed by atoms with Gasteiger partial charge in [0.15, 0.2) is 0 Å². The second-order valence-corrected chi connectivity index (χ2v) is 7.13. The zero-order valence-corrected chi connectivity index (χ0v) is 15.0. The minimum absolute atomic E-state index is 0.167. The molecule has 2 rings (SSSR count). The molecule has 0 atom stereocenters. The average Bonchev–Trinajstić information content (AvgIpc) is 2.73. The Kier molecular flexibility index (Phi) is 6.70. The van der Waals surface area contributed by atoms with E-state index in [2.05, 4.69) is 58.9 Å². The van der Waals surface area contributed by atoms with Gasteiger partial charge in [-0.25, -0.2) is 4.79 Å². The second kappa shape index (κ2) is 8.53. The lowest BCUT2D eigenvalue weighted by molar-refractivity contribution is 0.0930. The smallest absolute Gasteiger partial charge is 0.409 e. The van der Waals surface area contributed by atoms with Gasteiger partial charge in [-0.3, -0.25) is 4.90 Å². The van der Waals surface area contributed by atoms with Gasteiger partial charge in [0.1, 0.15) is 0 Å². The predicted molar refractivity (Wildman–Crippen MR) is 91.8 cm³/mol. The molecule has 1 aliphatic rings. The molecule has 0 saturated carbocycles. The van der Waals surface area contributed by atoms with Gasteiger partial charge in [0.2, 0.25) is 0 Å². The Morgan fingerprint density at radius 2 is 1.91 bits per heavy atom. The summed E-state index contributed by atoms with van der Waals surface area (Å²) in [5.41, 5.74) is 1.30. The number of benzene rings is 1. The lowest BCUT2D eigenvalue weighted by Crippen LogP contribution is -2.36. The number of carbonyl (C=O) groups excluding carboxylic acids is 1. The highest BCUT2D eigenvalue weighted by atomic mass is 79.9. The Labute approximate surface area is 141 Å². The maximum absolute atomic E-state index is 12.0. The van der Waals surface area contributed by atoms with Gasteiger partial charge in [-0.05, 0) is 30.0 Å². The standard InChI is InChI=1S/C17H25BrN2O2/c1-14(2)13-22-17(21)20-9-3-8-19(10-11-20)12-15-4-6-16(18)7-5-15/h4-7,14H,3,8-13H2,1-2H3. The summed E-state index contributed by atoms with van der Waals surface area (Å²) in [6.07, 6.45) is 0.826. The molecule has 0 N–H and O–H groups in total. The molecule has 0 unspecified atom stereocenters. The summed E-state index contributed by atoms with van der Waals surface area (Å²) in [6.45, 7) is 8.98. The molecule has 1 aromatic carbocycles. The summed E-state index contributed by atoms with van der Waals surface area (Å²) >= 11 is 3.46. The van der Waals surface area contributed by atoms with Crippen molar-refractivity contribution >= 4 is 22.0 Å². The van der Waals surface area contributed by atoms with Crippen LogP contribution < -0.4 is 0 Å². The molecular weight excluding hydrogens is 344 g/mol. The zero-order valence-electron chi connectivity index (χ0n) is 13.4. The minimum atomic E-state index is -0.167. The molecule has 22 heavy (non-hydrogen) atoms. The molecule has 4 nitrogen and oxygen atoms in total. The SMILES string of the molecule is CC(C)COC(=O)N1CCCN(Cc2ccc(Br)cc2)CC1. The first-order valence-electron chi connectivity index (χ1n) is 7.93. The molecule has 1 aliphatic heterocycles. The quantitative estimate of drug-likeness (QED) is 0.811.